The Morgan fingerprint density at radius 2 is 1.46 bits per heavy atom. The molecule has 0 aliphatic rings. The van der Waals surface area contributed by atoms with E-state index in [9.17, 15) is 4.79 Å². The highest BCUT2D eigenvalue weighted by molar-refractivity contribution is 5.50. The molecule has 0 atom stereocenters. The number of hydrogen-bond acceptors (Lipinski definition) is 1. The number of rotatable bonds is 7. The molecule has 13 heavy (non-hydrogen) atoms. The molecule has 0 aromatic carbocycles. The van der Waals surface area contributed by atoms with Crippen molar-refractivity contribution in [3.8, 4) is 0 Å². The highest BCUT2D eigenvalue weighted by atomic mass is 16.1. The second kappa shape index (κ2) is 9.04. The van der Waals surface area contributed by atoms with Crippen LogP contribution >= 0.6 is 0 Å². The van der Waals surface area contributed by atoms with Gasteiger partial charge in [0.1, 0.15) is 0 Å². The quantitative estimate of drug-likeness (QED) is 0.553. The molecule has 0 rings (SSSR count). The van der Waals surface area contributed by atoms with Gasteiger partial charge in [-0.3, -0.25) is 9.69 Å². The molecule has 0 saturated heterocycles. The van der Waals surface area contributed by atoms with Crippen molar-refractivity contribution in [2.45, 2.75) is 39.5 Å². The highest BCUT2D eigenvalue weighted by Crippen LogP contribution is 1.95. The van der Waals surface area contributed by atoms with Gasteiger partial charge in [-0.25, -0.2) is 0 Å². The van der Waals surface area contributed by atoms with Gasteiger partial charge in [-0.2, -0.15) is 0 Å². The maximum atomic E-state index is 10.5. The van der Waals surface area contributed by atoms with Crippen LogP contribution in [0.2, 0.25) is 0 Å². The molecular formula is C11H19NO. The van der Waals surface area contributed by atoms with Crippen molar-refractivity contribution in [2.75, 3.05) is 0 Å². The van der Waals surface area contributed by atoms with Crippen molar-refractivity contribution in [1.82, 2.24) is 4.90 Å². The monoisotopic (exact) mass is 181 g/mol. The van der Waals surface area contributed by atoms with Crippen LogP contribution in [0, 0.1) is 0 Å². The third kappa shape index (κ3) is 7.32. The molecule has 2 nitrogen and oxygen atoms in total. The van der Waals surface area contributed by atoms with Crippen LogP contribution in [-0.4, -0.2) is 11.3 Å². The minimum absolute atomic E-state index is 0.818. The van der Waals surface area contributed by atoms with Crippen molar-refractivity contribution < 1.29 is 4.79 Å². The molecule has 0 spiro atoms. The summed E-state index contributed by atoms with van der Waals surface area (Å²) >= 11 is 0. The molecule has 0 aromatic heterocycles. The van der Waals surface area contributed by atoms with Crippen molar-refractivity contribution >= 4 is 6.41 Å². The number of carbonyl (C=O) groups is 1. The van der Waals surface area contributed by atoms with Gasteiger partial charge < -0.3 is 0 Å². The lowest BCUT2D eigenvalue weighted by atomic mass is 10.3. The van der Waals surface area contributed by atoms with Gasteiger partial charge in [0, 0.05) is 12.4 Å². The Balaban J connectivity index is 3.81. The molecule has 0 aliphatic carbocycles. The van der Waals surface area contributed by atoms with Crippen LogP contribution < -0.4 is 0 Å². The van der Waals surface area contributed by atoms with Crippen LogP contribution in [0.4, 0.5) is 0 Å². The SMILES string of the molecule is CCCC=CN(C=O)C=CCCC. The van der Waals surface area contributed by atoms with E-state index in [1.54, 1.807) is 4.90 Å². The Bertz CT molecular complexity index is 157. The Labute approximate surface area is 80.9 Å². The lowest BCUT2D eigenvalue weighted by molar-refractivity contribution is -0.114. The minimum Gasteiger partial charge on any atom is -0.298 e. The van der Waals surface area contributed by atoms with E-state index in [1.165, 1.54) is 0 Å². The largest absolute Gasteiger partial charge is 0.298 e. The first-order valence-corrected chi connectivity index (χ1v) is 4.91. The van der Waals surface area contributed by atoms with Crippen LogP contribution in [0.3, 0.4) is 0 Å². The van der Waals surface area contributed by atoms with E-state index < -0.39 is 0 Å². The lowest BCUT2D eigenvalue weighted by Gasteiger charge is -2.03. The Hall–Kier alpha value is -1.05. The molecule has 74 valence electrons. The van der Waals surface area contributed by atoms with Gasteiger partial charge in [0.2, 0.25) is 6.41 Å². The summed E-state index contributed by atoms with van der Waals surface area (Å²) in [5.74, 6) is 0. The molecule has 0 aliphatic heterocycles. The molecule has 0 heterocycles. The van der Waals surface area contributed by atoms with E-state index in [0.717, 1.165) is 32.1 Å². The van der Waals surface area contributed by atoms with Crippen molar-refractivity contribution in [1.29, 1.82) is 0 Å². The van der Waals surface area contributed by atoms with Gasteiger partial charge in [-0.05, 0) is 12.8 Å². The van der Waals surface area contributed by atoms with Crippen molar-refractivity contribution in [3.63, 3.8) is 0 Å². The van der Waals surface area contributed by atoms with Crippen LogP contribution in [0.15, 0.2) is 24.6 Å². The van der Waals surface area contributed by atoms with E-state index in [4.69, 9.17) is 0 Å². The fourth-order valence-corrected chi connectivity index (χ4v) is 0.846. The fourth-order valence-electron chi connectivity index (χ4n) is 0.846. The number of allylic oxidation sites excluding steroid dienone is 2. The standard InChI is InChI=1S/C11H19NO/c1-3-5-7-9-12(11-13)10-8-6-4-2/h7-11H,3-6H2,1-2H3. The number of hydrogen-bond donors (Lipinski definition) is 0. The molecule has 0 aromatic rings. The molecule has 0 saturated carbocycles. The smallest absolute Gasteiger partial charge is 0.217 e. The average molecular weight is 181 g/mol. The van der Waals surface area contributed by atoms with Gasteiger partial charge in [0.05, 0.1) is 0 Å². The predicted molar refractivity (Wildman–Crippen MR) is 56.0 cm³/mol. The average Bonchev–Trinajstić information content (AvgIpc) is 2.16. The van der Waals surface area contributed by atoms with E-state index >= 15 is 0 Å². The second-order valence-corrected chi connectivity index (χ2v) is 2.90. The van der Waals surface area contributed by atoms with Gasteiger partial charge in [0.25, 0.3) is 0 Å². The molecule has 0 bridgehead atoms. The summed E-state index contributed by atoms with van der Waals surface area (Å²) in [7, 11) is 0. The second-order valence-electron chi connectivity index (χ2n) is 2.90. The first-order valence-electron chi connectivity index (χ1n) is 4.91. The first-order chi connectivity index (χ1) is 6.35. The molecule has 1 amide bonds. The Morgan fingerprint density at radius 3 is 1.77 bits per heavy atom. The van der Waals surface area contributed by atoms with Gasteiger partial charge in [-0.15, -0.1) is 0 Å². The van der Waals surface area contributed by atoms with Gasteiger partial charge in [0.15, 0.2) is 0 Å². The zero-order valence-electron chi connectivity index (χ0n) is 8.57. The number of carbonyl (C=O) groups excluding carboxylic acids is 1. The minimum atomic E-state index is 0.818. The maximum absolute atomic E-state index is 10.5. The van der Waals surface area contributed by atoms with Crippen molar-refractivity contribution in [3.05, 3.63) is 24.6 Å². The van der Waals surface area contributed by atoms with Crippen molar-refractivity contribution in [2.24, 2.45) is 0 Å². The zero-order valence-corrected chi connectivity index (χ0v) is 8.57. The highest BCUT2D eigenvalue weighted by Gasteiger charge is 1.86. The summed E-state index contributed by atoms with van der Waals surface area (Å²) in [6.45, 7) is 4.23. The number of nitrogens with zero attached hydrogens (tertiary/aromatic N) is 1. The molecule has 0 radical (unpaired) electrons. The molecule has 0 unspecified atom stereocenters. The summed E-state index contributed by atoms with van der Waals surface area (Å²) in [5.41, 5.74) is 0. The molecule has 0 N–H and O–H groups in total. The predicted octanol–water partition coefficient (Wildman–Crippen LogP) is 3.07. The summed E-state index contributed by atoms with van der Waals surface area (Å²) < 4.78 is 0. The molecular weight excluding hydrogens is 162 g/mol. The normalized spacial score (nSPS) is 11.2. The topological polar surface area (TPSA) is 20.3 Å². The lowest BCUT2D eigenvalue weighted by Crippen LogP contribution is -2.04. The third-order valence-electron chi connectivity index (χ3n) is 1.59. The van der Waals surface area contributed by atoms with Crippen LogP contribution in [0.25, 0.3) is 0 Å². The first kappa shape index (κ1) is 11.9. The molecule has 2 heteroatoms. The summed E-state index contributed by atoms with van der Waals surface area (Å²) in [4.78, 5) is 12.1. The van der Waals surface area contributed by atoms with Crippen LogP contribution in [0.5, 0.6) is 0 Å². The zero-order chi connectivity index (χ0) is 9.94. The van der Waals surface area contributed by atoms with Gasteiger partial charge >= 0.3 is 0 Å². The van der Waals surface area contributed by atoms with E-state index in [-0.39, 0.29) is 0 Å². The summed E-state index contributed by atoms with van der Waals surface area (Å²) in [5, 5.41) is 0. The Kier molecular flexibility index (Phi) is 8.31. The maximum Gasteiger partial charge on any atom is 0.217 e. The molecule has 0 fully saturated rings. The summed E-state index contributed by atoms with van der Waals surface area (Å²) in [6.07, 6.45) is 12.7. The fraction of sp³-hybridized carbons (Fsp3) is 0.545. The van der Waals surface area contributed by atoms with E-state index in [1.807, 2.05) is 24.6 Å². The van der Waals surface area contributed by atoms with Crippen LogP contribution in [-0.2, 0) is 4.79 Å². The van der Waals surface area contributed by atoms with E-state index in [0.29, 0.717) is 0 Å². The van der Waals surface area contributed by atoms with Gasteiger partial charge in [-0.1, -0.05) is 38.8 Å². The van der Waals surface area contributed by atoms with Crippen LogP contribution in [0.1, 0.15) is 39.5 Å². The number of amides is 1. The Morgan fingerprint density at radius 1 is 1.00 bits per heavy atom. The van der Waals surface area contributed by atoms with E-state index in [2.05, 4.69) is 13.8 Å². The number of unbranched alkanes of at least 4 members (excludes halogenated alkanes) is 2. The summed E-state index contributed by atoms with van der Waals surface area (Å²) in [6, 6.07) is 0. The third-order valence-corrected chi connectivity index (χ3v) is 1.59.